The molecular formula is C15H24N2O3. The van der Waals surface area contributed by atoms with Crippen LogP contribution in [0.2, 0.25) is 0 Å². The quantitative estimate of drug-likeness (QED) is 0.710. The van der Waals surface area contributed by atoms with Crippen LogP contribution in [0.3, 0.4) is 0 Å². The van der Waals surface area contributed by atoms with Gasteiger partial charge in [0.25, 0.3) is 0 Å². The summed E-state index contributed by atoms with van der Waals surface area (Å²) in [5, 5.41) is 2.75. The molecule has 1 N–H and O–H groups in total. The van der Waals surface area contributed by atoms with Gasteiger partial charge in [-0.05, 0) is 18.9 Å². The summed E-state index contributed by atoms with van der Waals surface area (Å²) in [6, 6.07) is 0. The molecule has 1 saturated heterocycles. The normalized spacial score (nSPS) is 23.3. The van der Waals surface area contributed by atoms with Gasteiger partial charge in [0, 0.05) is 32.0 Å². The summed E-state index contributed by atoms with van der Waals surface area (Å²) in [4.78, 5) is 24.8. The van der Waals surface area contributed by atoms with Crippen LogP contribution in [0.25, 0.3) is 0 Å². The largest absolute Gasteiger partial charge is 0.376 e. The number of amides is 2. The molecule has 0 radical (unpaired) electrons. The van der Waals surface area contributed by atoms with E-state index in [0.717, 1.165) is 12.8 Å². The van der Waals surface area contributed by atoms with E-state index in [-0.39, 0.29) is 17.7 Å². The number of ether oxygens (including phenoxy) is 1. The zero-order chi connectivity index (χ0) is 14.4. The Labute approximate surface area is 120 Å². The Kier molecular flexibility index (Phi) is 5.59. The molecule has 0 bridgehead atoms. The number of nitrogens with zero attached hydrogens (tertiary/aromatic N) is 1. The van der Waals surface area contributed by atoms with Crippen molar-refractivity contribution < 1.29 is 14.3 Å². The minimum Gasteiger partial charge on any atom is -0.376 e. The van der Waals surface area contributed by atoms with Crippen molar-refractivity contribution in [3.05, 3.63) is 12.7 Å². The second-order valence-electron chi connectivity index (χ2n) is 5.64. The molecule has 5 nitrogen and oxygen atoms in total. The smallest absolute Gasteiger partial charge is 0.243 e. The Morgan fingerprint density at radius 3 is 2.90 bits per heavy atom. The van der Waals surface area contributed by atoms with Crippen LogP contribution < -0.4 is 5.32 Å². The molecule has 0 aromatic heterocycles. The molecule has 1 aliphatic carbocycles. The number of nitrogens with one attached hydrogen (secondary N) is 1. The van der Waals surface area contributed by atoms with Crippen LogP contribution in [-0.2, 0) is 14.3 Å². The van der Waals surface area contributed by atoms with E-state index in [1.165, 1.54) is 18.9 Å². The first-order valence-corrected chi connectivity index (χ1v) is 7.48. The van der Waals surface area contributed by atoms with Gasteiger partial charge in [0.2, 0.25) is 11.8 Å². The Morgan fingerprint density at radius 1 is 1.45 bits per heavy atom. The molecule has 0 spiro atoms. The molecule has 20 heavy (non-hydrogen) atoms. The average Bonchev–Trinajstić information content (AvgIpc) is 3.07. The van der Waals surface area contributed by atoms with Gasteiger partial charge in [-0.1, -0.05) is 19.4 Å². The van der Waals surface area contributed by atoms with Gasteiger partial charge in [0.15, 0.2) is 0 Å². The van der Waals surface area contributed by atoms with E-state index in [1.807, 2.05) is 4.90 Å². The summed E-state index contributed by atoms with van der Waals surface area (Å²) >= 11 is 0. The molecule has 2 aliphatic rings. The third-order valence-electron chi connectivity index (χ3n) is 4.06. The maximum absolute atomic E-state index is 11.9. The van der Waals surface area contributed by atoms with Gasteiger partial charge in [-0.15, -0.1) is 0 Å². The van der Waals surface area contributed by atoms with Gasteiger partial charge < -0.3 is 15.0 Å². The second-order valence-corrected chi connectivity index (χ2v) is 5.64. The lowest BCUT2D eigenvalue weighted by Crippen LogP contribution is -2.32. The van der Waals surface area contributed by atoms with E-state index < -0.39 is 0 Å². The predicted molar refractivity (Wildman–Crippen MR) is 76.1 cm³/mol. The van der Waals surface area contributed by atoms with Crippen molar-refractivity contribution in [2.24, 2.45) is 5.92 Å². The Morgan fingerprint density at radius 2 is 2.20 bits per heavy atom. The minimum absolute atomic E-state index is 0.165. The Balaban J connectivity index is 1.64. The number of carbonyl (C=O) groups excluding carboxylic acids is 2. The topological polar surface area (TPSA) is 58.6 Å². The van der Waals surface area contributed by atoms with E-state index in [4.69, 9.17) is 4.74 Å². The zero-order valence-electron chi connectivity index (χ0n) is 12.0. The molecular weight excluding hydrogens is 256 g/mol. The zero-order valence-corrected chi connectivity index (χ0v) is 12.0. The van der Waals surface area contributed by atoms with Gasteiger partial charge in [-0.25, -0.2) is 0 Å². The van der Waals surface area contributed by atoms with Crippen LogP contribution in [0, 0.1) is 5.92 Å². The summed E-state index contributed by atoms with van der Waals surface area (Å²) in [5.74, 6) is 0.191. The fraction of sp³-hybridized carbons (Fsp3) is 0.733. The Bertz CT molecular complexity index is 364. The summed E-state index contributed by atoms with van der Waals surface area (Å²) < 4.78 is 5.79. The van der Waals surface area contributed by atoms with E-state index in [9.17, 15) is 9.59 Å². The minimum atomic E-state index is -0.180. The van der Waals surface area contributed by atoms with Crippen LogP contribution in [-0.4, -0.2) is 49.1 Å². The van der Waals surface area contributed by atoms with Crippen LogP contribution in [0.15, 0.2) is 12.7 Å². The molecule has 1 heterocycles. The Hall–Kier alpha value is -1.36. The number of hydrogen-bond acceptors (Lipinski definition) is 3. The van der Waals surface area contributed by atoms with Crippen molar-refractivity contribution in [1.82, 2.24) is 10.2 Å². The summed E-state index contributed by atoms with van der Waals surface area (Å²) in [6.45, 7) is 5.95. The fourth-order valence-corrected chi connectivity index (χ4v) is 2.91. The molecule has 2 fully saturated rings. The molecule has 0 aromatic carbocycles. The van der Waals surface area contributed by atoms with Gasteiger partial charge >= 0.3 is 0 Å². The maximum atomic E-state index is 11.9. The third kappa shape index (κ3) is 4.34. The van der Waals surface area contributed by atoms with E-state index in [1.54, 1.807) is 0 Å². The highest BCUT2D eigenvalue weighted by molar-refractivity contribution is 5.87. The number of rotatable bonds is 7. The average molecular weight is 280 g/mol. The summed E-state index contributed by atoms with van der Waals surface area (Å²) in [7, 11) is 0. The lowest BCUT2D eigenvalue weighted by Gasteiger charge is -2.18. The number of likely N-dealkylation sites (tertiary alicyclic amines) is 1. The van der Waals surface area contributed by atoms with Gasteiger partial charge in [-0.3, -0.25) is 9.59 Å². The molecule has 112 valence electrons. The molecule has 1 unspecified atom stereocenters. The van der Waals surface area contributed by atoms with Crippen molar-refractivity contribution in [2.75, 3.05) is 26.2 Å². The second kappa shape index (κ2) is 7.43. The molecule has 1 saturated carbocycles. The number of carbonyl (C=O) groups is 2. The van der Waals surface area contributed by atoms with Crippen LogP contribution >= 0.6 is 0 Å². The number of hydrogen-bond donors (Lipinski definition) is 1. The lowest BCUT2D eigenvalue weighted by molar-refractivity contribution is -0.128. The van der Waals surface area contributed by atoms with Crippen molar-refractivity contribution in [2.45, 2.75) is 38.2 Å². The SMILES string of the molecule is C=CC(=O)NCC1CC(=O)N(CCOC2CCCC2)C1. The molecule has 0 aromatic rings. The monoisotopic (exact) mass is 280 g/mol. The van der Waals surface area contributed by atoms with Crippen LogP contribution in [0.4, 0.5) is 0 Å². The van der Waals surface area contributed by atoms with Gasteiger partial charge in [0.05, 0.1) is 12.7 Å². The van der Waals surface area contributed by atoms with Gasteiger partial charge in [-0.2, -0.15) is 0 Å². The van der Waals surface area contributed by atoms with Crippen molar-refractivity contribution in [3.63, 3.8) is 0 Å². The third-order valence-corrected chi connectivity index (χ3v) is 4.06. The van der Waals surface area contributed by atoms with E-state index in [0.29, 0.717) is 38.8 Å². The summed E-state index contributed by atoms with van der Waals surface area (Å²) in [5.41, 5.74) is 0. The highest BCUT2D eigenvalue weighted by Gasteiger charge is 2.29. The summed E-state index contributed by atoms with van der Waals surface area (Å²) in [6.07, 6.45) is 7.01. The van der Waals surface area contributed by atoms with Crippen LogP contribution in [0.5, 0.6) is 0 Å². The van der Waals surface area contributed by atoms with Gasteiger partial charge in [0.1, 0.15) is 0 Å². The maximum Gasteiger partial charge on any atom is 0.243 e. The molecule has 5 heteroatoms. The van der Waals surface area contributed by atoms with E-state index >= 15 is 0 Å². The highest BCUT2D eigenvalue weighted by atomic mass is 16.5. The standard InChI is InChI=1S/C15H24N2O3/c1-2-14(18)16-10-12-9-15(19)17(11-12)7-8-20-13-5-3-4-6-13/h2,12-13H,1,3-11H2,(H,16,18). The predicted octanol–water partition coefficient (Wildman–Crippen LogP) is 1.10. The van der Waals surface area contributed by atoms with Crippen molar-refractivity contribution in [1.29, 1.82) is 0 Å². The highest BCUT2D eigenvalue weighted by Crippen LogP contribution is 2.21. The molecule has 2 amide bonds. The van der Waals surface area contributed by atoms with E-state index in [2.05, 4.69) is 11.9 Å². The molecule has 2 rings (SSSR count). The molecule has 1 atom stereocenters. The van der Waals surface area contributed by atoms with Crippen molar-refractivity contribution in [3.8, 4) is 0 Å². The molecule has 1 aliphatic heterocycles. The fourth-order valence-electron chi connectivity index (χ4n) is 2.91. The first-order valence-electron chi connectivity index (χ1n) is 7.48. The lowest BCUT2D eigenvalue weighted by atomic mass is 10.1. The van der Waals surface area contributed by atoms with Crippen LogP contribution in [0.1, 0.15) is 32.1 Å². The first-order chi connectivity index (χ1) is 9.69. The van der Waals surface area contributed by atoms with Crippen molar-refractivity contribution >= 4 is 11.8 Å². The first kappa shape index (κ1) is 15.0.